The molecule has 0 spiro atoms. The fourth-order valence-electron chi connectivity index (χ4n) is 3.66. The summed E-state index contributed by atoms with van der Waals surface area (Å²) in [6.07, 6.45) is 8.68. The standard InChI is InChI=1S/C16H32N2/c1-4-15-10-17-16(13(2)3)12-18(15)11-14-8-6-5-7-9-14/h13-17H,4-12H2,1-3H3. The molecule has 1 aliphatic heterocycles. The number of rotatable bonds is 4. The minimum absolute atomic E-state index is 0.705. The minimum Gasteiger partial charge on any atom is -0.311 e. The summed E-state index contributed by atoms with van der Waals surface area (Å²) < 4.78 is 0. The van der Waals surface area contributed by atoms with Crippen LogP contribution in [0.3, 0.4) is 0 Å². The lowest BCUT2D eigenvalue weighted by Crippen LogP contribution is -2.58. The number of piperazine rings is 1. The van der Waals surface area contributed by atoms with Gasteiger partial charge in [0, 0.05) is 31.7 Å². The van der Waals surface area contributed by atoms with Crippen molar-refractivity contribution < 1.29 is 0 Å². The molecule has 2 nitrogen and oxygen atoms in total. The largest absolute Gasteiger partial charge is 0.311 e. The number of hydrogen-bond donors (Lipinski definition) is 1. The molecular formula is C16H32N2. The zero-order chi connectivity index (χ0) is 13.0. The van der Waals surface area contributed by atoms with E-state index in [9.17, 15) is 0 Å². The van der Waals surface area contributed by atoms with Gasteiger partial charge in [-0.05, 0) is 31.1 Å². The summed E-state index contributed by atoms with van der Waals surface area (Å²) in [6.45, 7) is 10.9. The lowest BCUT2D eigenvalue weighted by Gasteiger charge is -2.43. The van der Waals surface area contributed by atoms with Crippen LogP contribution >= 0.6 is 0 Å². The molecule has 1 N–H and O–H groups in total. The lowest BCUT2D eigenvalue weighted by atomic mass is 9.87. The van der Waals surface area contributed by atoms with Crippen molar-refractivity contribution in [2.24, 2.45) is 11.8 Å². The summed E-state index contributed by atoms with van der Waals surface area (Å²) in [7, 11) is 0. The molecule has 106 valence electrons. The zero-order valence-electron chi connectivity index (χ0n) is 12.6. The van der Waals surface area contributed by atoms with E-state index in [4.69, 9.17) is 0 Å². The van der Waals surface area contributed by atoms with E-state index in [1.165, 1.54) is 58.2 Å². The normalized spacial score (nSPS) is 32.0. The average Bonchev–Trinajstić information content (AvgIpc) is 2.39. The third kappa shape index (κ3) is 3.71. The monoisotopic (exact) mass is 252 g/mol. The molecule has 1 aliphatic carbocycles. The Kier molecular flexibility index (Phi) is 5.50. The molecule has 2 aliphatic rings. The summed E-state index contributed by atoms with van der Waals surface area (Å²) >= 11 is 0. The van der Waals surface area contributed by atoms with Gasteiger partial charge in [-0.15, -0.1) is 0 Å². The van der Waals surface area contributed by atoms with Gasteiger partial charge in [0.1, 0.15) is 0 Å². The highest BCUT2D eigenvalue weighted by atomic mass is 15.2. The number of nitrogens with one attached hydrogen (secondary N) is 1. The molecule has 2 heteroatoms. The van der Waals surface area contributed by atoms with Gasteiger partial charge in [-0.1, -0.05) is 40.0 Å². The molecule has 2 rings (SSSR count). The summed E-state index contributed by atoms with van der Waals surface area (Å²) in [5.41, 5.74) is 0. The van der Waals surface area contributed by atoms with Crippen molar-refractivity contribution in [2.75, 3.05) is 19.6 Å². The molecule has 0 aromatic heterocycles. The molecular weight excluding hydrogens is 220 g/mol. The van der Waals surface area contributed by atoms with Crippen LogP contribution in [0.5, 0.6) is 0 Å². The van der Waals surface area contributed by atoms with Crippen molar-refractivity contribution in [1.29, 1.82) is 0 Å². The van der Waals surface area contributed by atoms with Crippen LogP contribution in [0.25, 0.3) is 0 Å². The fourth-order valence-corrected chi connectivity index (χ4v) is 3.66. The summed E-state index contributed by atoms with van der Waals surface area (Å²) in [5, 5.41) is 3.75. The van der Waals surface area contributed by atoms with Crippen molar-refractivity contribution >= 4 is 0 Å². The first-order valence-corrected chi connectivity index (χ1v) is 8.18. The van der Waals surface area contributed by atoms with E-state index in [2.05, 4.69) is 31.0 Å². The summed E-state index contributed by atoms with van der Waals surface area (Å²) in [6, 6.07) is 1.48. The smallest absolute Gasteiger partial charge is 0.0218 e. The molecule has 1 heterocycles. The van der Waals surface area contributed by atoms with Crippen LogP contribution in [-0.2, 0) is 0 Å². The van der Waals surface area contributed by atoms with Gasteiger partial charge in [0.25, 0.3) is 0 Å². The average molecular weight is 252 g/mol. The third-order valence-electron chi connectivity index (χ3n) is 5.06. The molecule has 0 aromatic carbocycles. The topological polar surface area (TPSA) is 15.3 Å². The van der Waals surface area contributed by atoms with Crippen LogP contribution in [0.1, 0.15) is 59.3 Å². The Bertz CT molecular complexity index is 233. The number of hydrogen-bond acceptors (Lipinski definition) is 2. The third-order valence-corrected chi connectivity index (χ3v) is 5.06. The predicted octanol–water partition coefficient (Wildman–Crippen LogP) is 3.28. The highest BCUT2D eigenvalue weighted by Crippen LogP contribution is 2.26. The lowest BCUT2D eigenvalue weighted by molar-refractivity contribution is 0.0847. The Morgan fingerprint density at radius 1 is 1.17 bits per heavy atom. The highest BCUT2D eigenvalue weighted by Gasteiger charge is 2.29. The molecule has 0 aromatic rings. The Morgan fingerprint density at radius 3 is 2.50 bits per heavy atom. The van der Waals surface area contributed by atoms with E-state index in [-0.39, 0.29) is 0 Å². The first kappa shape index (κ1) is 14.3. The van der Waals surface area contributed by atoms with Gasteiger partial charge in [0.2, 0.25) is 0 Å². The van der Waals surface area contributed by atoms with E-state index in [1.807, 2.05) is 0 Å². The van der Waals surface area contributed by atoms with Crippen molar-refractivity contribution in [3.05, 3.63) is 0 Å². The molecule has 0 bridgehead atoms. The van der Waals surface area contributed by atoms with E-state index >= 15 is 0 Å². The molecule has 2 unspecified atom stereocenters. The minimum atomic E-state index is 0.705. The number of nitrogens with zero attached hydrogens (tertiary/aromatic N) is 1. The van der Waals surface area contributed by atoms with E-state index in [1.54, 1.807) is 0 Å². The Morgan fingerprint density at radius 2 is 1.89 bits per heavy atom. The van der Waals surface area contributed by atoms with Crippen molar-refractivity contribution in [3.8, 4) is 0 Å². The maximum atomic E-state index is 3.75. The van der Waals surface area contributed by atoms with Gasteiger partial charge >= 0.3 is 0 Å². The van der Waals surface area contributed by atoms with Gasteiger partial charge < -0.3 is 5.32 Å². The second-order valence-electron chi connectivity index (χ2n) is 6.78. The molecule has 1 saturated carbocycles. The maximum Gasteiger partial charge on any atom is 0.0218 e. The second kappa shape index (κ2) is 6.91. The Labute approximate surface area is 114 Å². The molecule has 0 radical (unpaired) electrons. The van der Waals surface area contributed by atoms with Crippen LogP contribution in [0, 0.1) is 11.8 Å². The van der Waals surface area contributed by atoms with Crippen LogP contribution < -0.4 is 5.32 Å². The first-order chi connectivity index (χ1) is 8.70. The SMILES string of the molecule is CCC1CNC(C(C)C)CN1CC1CCCCC1. The maximum absolute atomic E-state index is 3.75. The molecule has 2 fully saturated rings. The highest BCUT2D eigenvalue weighted by molar-refractivity contribution is 4.88. The van der Waals surface area contributed by atoms with E-state index in [0.717, 1.165) is 17.9 Å². The van der Waals surface area contributed by atoms with Crippen LogP contribution in [-0.4, -0.2) is 36.6 Å². The first-order valence-electron chi connectivity index (χ1n) is 8.18. The Hall–Kier alpha value is -0.0800. The zero-order valence-corrected chi connectivity index (χ0v) is 12.6. The van der Waals surface area contributed by atoms with Crippen LogP contribution in [0.4, 0.5) is 0 Å². The second-order valence-corrected chi connectivity index (χ2v) is 6.78. The summed E-state index contributed by atoms with van der Waals surface area (Å²) in [5.74, 6) is 1.75. The van der Waals surface area contributed by atoms with Crippen molar-refractivity contribution in [2.45, 2.75) is 71.4 Å². The predicted molar refractivity (Wildman–Crippen MR) is 78.9 cm³/mol. The van der Waals surface area contributed by atoms with E-state index in [0.29, 0.717) is 6.04 Å². The van der Waals surface area contributed by atoms with Gasteiger partial charge in [-0.2, -0.15) is 0 Å². The van der Waals surface area contributed by atoms with Crippen LogP contribution in [0.2, 0.25) is 0 Å². The molecule has 1 saturated heterocycles. The Balaban J connectivity index is 1.88. The molecule has 18 heavy (non-hydrogen) atoms. The summed E-state index contributed by atoms with van der Waals surface area (Å²) in [4.78, 5) is 2.80. The quantitative estimate of drug-likeness (QED) is 0.826. The van der Waals surface area contributed by atoms with Gasteiger partial charge in [-0.3, -0.25) is 4.90 Å². The van der Waals surface area contributed by atoms with E-state index < -0.39 is 0 Å². The van der Waals surface area contributed by atoms with Gasteiger partial charge in [0.15, 0.2) is 0 Å². The molecule has 0 amide bonds. The molecule has 2 atom stereocenters. The van der Waals surface area contributed by atoms with Crippen LogP contribution in [0.15, 0.2) is 0 Å². The van der Waals surface area contributed by atoms with Gasteiger partial charge in [0.05, 0.1) is 0 Å². The fraction of sp³-hybridized carbons (Fsp3) is 1.00. The van der Waals surface area contributed by atoms with Crippen molar-refractivity contribution in [1.82, 2.24) is 10.2 Å². The van der Waals surface area contributed by atoms with Gasteiger partial charge in [-0.25, -0.2) is 0 Å². The van der Waals surface area contributed by atoms with Crippen molar-refractivity contribution in [3.63, 3.8) is 0 Å².